The monoisotopic (exact) mass is 421 g/mol. The third-order valence-electron chi connectivity index (χ3n) is 5.82. The van der Waals surface area contributed by atoms with E-state index in [9.17, 15) is 8.78 Å². The Morgan fingerprint density at radius 1 is 1.06 bits per heavy atom. The van der Waals surface area contributed by atoms with Crippen LogP contribution in [0.4, 0.5) is 14.6 Å². The lowest BCUT2D eigenvalue weighted by Gasteiger charge is -2.16. The van der Waals surface area contributed by atoms with Crippen LogP contribution >= 0.6 is 0 Å². The molecule has 0 aliphatic carbocycles. The van der Waals surface area contributed by atoms with Gasteiger partial charge in [0.1, 0.15) is 23.7 Å². The molecule has 7 nitrogen and oxygen atoms in total. The first-order valence-electron chi connectivity index (χ1n) is 9.91. The molecule has 5 heterocycles. The van der Waals surface area contributed by atoms with Crippen molar-refractivity contribution in [2.24, 2.45) is 0 Å². The molecule has 1 atom stereocenters. The Hall–Kier alpha value is -3.75. The quantitative estimate of drug-likeness (QED) is 0.503. The number of pyridine rings is 2. The predicted octanol–water partition coefficient (Wildman–Crippen LogP) is 3.86. The predicted molar refractivity (Wildman–Crippen MR) is 108 cm³/mol. The third-order valence-corrected chi connectivity index (χ3v) is 5.82. The number of anilines is 1. The molecule has 0 amide bonds. The molecule has 2 aliphatic rings. The van der Waals surface area contributed by atoms with Crippen LogP contribution in [-0.4, -0.2) is 32.8 Å². The minimum absolute atomic E-state index is 0.0836. The van der Waals surface area contributed by atoms with E-state index in [1.165, 1.54) is 12.1 Å². The van der Waals surface area contributed by atoms with E-state index in [4.69, 9.17) is 9.47 Å². The number of nitrogens with zero attached hydrogens (tertiary/aromatic N) is 4. The molecule has 0 saturated carbocycles. The summed E-state index contributed by atoms with van der Waals surface area (Å²) < 4.78 is 42.1. The summed E-state index contributed by atoms with van der Waals surface area (Å²) in [5.41, 5.74) is 3.46. The van der Waals surface area contributed by atoms with Gasteiger partial charge in [-0.1, -0.05) is 0 Å². The molecule has 156 valence electrons. The molecule has 0 unspecified atom stereocenters. The van der Waals surface area contributed by atoms with Crippen LogP contribution in [0.25, 0.3) is 16.9 Å². The maximum absolute atomic E-state index is 14.7. The van der Waals surface area contributed by atoms with Crippen molar-refractivity contribution >= 4 is 11.5 Å². The summed E-state index contributed by atoms with van der Waals surface area (Å²) in [6.45, 7) is 2.62. The molecule has 0 spiro atoms. The van der Waals surface area contributed by atoms with E-state index < -0.39 is 0 Å². The summed E-state index contributed by atoms with van der Waals surface area (Å²) in [6.07, 6.45) is 1.56. The second-order valence-corrected chi connectivity index (χ2v) is 7.67. The third kappa shape index (κ3) is 2.73. The Kier molecular flexibility index (Phi) is 3.86. The van der Waals surface area contributed by atoms with Crippen molar-refractivity contribution in [1.82, 2.24) is 19.6 Å². The van der Waals surface area contributed by atoms with Gasteiger partial charge in [0.2, 0.25) is 0 Å². The van der Waals surface area contributed by atoms with Crippen LogP contribution in [0.1, 0.15) is 22.7 Å². The molecular formula is C22H17F2N5O2. The van der Waals surface area contributed by atoms with Gasteiger partial charge in [-0.25, -0.2) is 13.8 Å². The number of fused-ring (bicyclic) bond motifs is 3. The lowest BCUT2D eigenvalue weighted by atomic mass is 9.96. The highest BCUT2D eigenvalue weighted by molar-refractivity contribution is 5.80. The smallest absolute Gasteiger partial charge is 0.171 e. The van der Waals surface area contributed by atoms with E-state index >= 15 is 0 Å². The molecule has 9 heteroatoms. The summed E-state index contributed by atoms with van der Waals surface area (Å²) in [4.78, 5) is 4.36. The first-order chi connectivity index (χ1) is 15.1. The zero-order valence-corrected chi connectivity index (χ0v) is 16.5. The number of aryl methyl sites for hydroxylation is 1. The normalized spacial score (nSPS) is 16.9. The van der Waals surface area contributed by atoms with Gasteiger partial charge in [0.15, 0.2) is 17.2 Å². The Morgan fingerprint density at radius 3 is 2.71 bits per heavy atom. The van der Waals surface area contributed by atoms with Gasteiger partial charge in [0.25, 0.3) is 0 Å². The minimum Gasteiger partial charge on any atom is -0.493 e. The standard InChI is InChI=1S/C22H17F2N5O2/c1-11-15(23)2-4-17(27-11)13-6-19-22(29-10-26-28-21(13)29)25-7-14-16(24)3-5-18-20(14)12(8-30-18)9-31-19/h2-6,10,12,25H,7-9H2,1H3/t12-/m0/s1. The highest BCUT2D eigenvalue weighted by Gasteiger charge is 2.31. The second kappa shape index (κ2) is 6.63. The van der Waals surface area contributed by atoms with Crippen LogP contribution in [0.3, 0.4) is 0 Å². The zero-order valence-electron chi connectivity index (χ0n) is 16.5. The molecule has 0 fully saturated rings. The number of ether oxygens (including phenoxy) is 2. The van der Waals surface area contributed by atoms with Gasteiger partial charge in [0.05, 0.1) is 30.5 Å². The maximum Gasteiger partial charge on any atom is 0.171 e. The lowest BCUT2D eigenvalue weighted by molar-refractivity contribution is 0.249. The average molecular weight is 421 g/mol. The summed E-state index contributed by atoms with van der Waals surface area (Å²) in [5.74, 6) is 1.11. The van der Waals surface area contributed by atoms with Crippen LogP contribution in [0.5, 0.6) is 11.5 Å². The van der Waals surface area contributed by atoms with Gasteiger partial charge < -0.3 is 14.8 Å². The van der Waals surface area contributed by atoms with E-state index in [1.54, 1.807) is 29.8 Å². The van der Waals surface area contributed by atoms with Crippen molar-refractivity contribution in [3.8, 4) is 22.8 Å². The van der Waals surface area contributed by atoms with Crippen molar-refractivity contribution in [3.05, 3.63) is 65.1 Å². The first-order valence-corrected chi connectivity index (χ1v) is 9.91. The van der Waals surface area contributed by atoms with E-state index in [0.717, 1.165) is 5.56 Å². The summed E-state index contributed by atoms with van der Waals surface area (Å²) in [7, 11) is 0. The molecule has 0 bridgehead atoms. The van der Waals surface area contributed by atoms with Crippen LogP contribution < -0.4 is 14.8 Å². The van der Waals surface area contributed by atoms with Gasteiger partial charge in [-0.05, 0) is 37.3 Å². The van der Waals surface area contributed by atoms with Crippen molar-refractivity contribution in [3.63, 3.8) is 0 Å². The number of rotatable bonds is 1. The largest absolute Gasteiger partial charge is 0.493 e. The highest BCUT2D eigenvalue weighted by atomic mass is 19.1. The van der Waals surface area contributed by atoms with E-state index in [0.29, 0.717) is 58.7 Å². The summed E-state index contributed by atoms with van der Waals surface area (Å²) in [5, 5.41) is 11.5. The Balaban J connectivity index is 1.52. The van der Waals surface area contributed by atoms with Gasteiger partial charge in [-0.3, -0.25) is 4.40 Å². The van der Waals surface area contributed by atoms with Crippen molar-refractivity contribution in [2.75, 3.05) is 18.5 Å². The summed E-state index contributed by atoms with van der Waals surface area (Å²) in [6, 6.07) is 7.89. The molecule has 3 aromatic heterocycles. The molecule has 2 aliphatic heterocycles. The average Bonchev–Trinajstić information content (AvgIpc) is 3.41. The molecular weight excluding hydrogens is 404 g/mol. The fourth-order valence-corrected chi connectivity index (χ4v) is 4.27. The van der Waals surface area contributed by atoms with E-state index in [2.05, 4.69) is 20.5 Å². The van der Waals surface area contributed by atoms with Crippen LogP contribution in [0.2, 0.25) is 0 Å². The number of halogens is 2. The number of nitrogens with one attached hydrogen (secondary N) is 1. The zero-order chi connectivity index (χ0) is 21.1. The van der Waals surface area contributed by atoms with Crippen LogP contribution in [0, 0.1) is 18.6 Å². The summed E-state index contributed by atoms with van der Waals surface area (Å²) >= 11 is 0. The van der Waals surface area contributed by atoms with Crippen LogP contribution in [-0.2, 0) is 6.54 Å². The number of benzene rings is 1. The Morgan fingerprint density at radius 2 is 1.87 bits per heavy atom. The van der Waals surface area contributed by atoms with Gasteiger partial charge >= 0.3 is 0 Å². The van der Waals surface area contributed by atoms with E-state index in [1.807, 2.05) is 6.07 Å². The lowest BCUT2D eigenvalue weighted by Crippen LogP contribution is -2.13. The molecule has 0 saturated heterocycles. The highest BCUT2D eigenvalue weighted by Crippen LogP contribution is 2.41. The molecule has 0 radical (unpaired) electrons. The first kappa shape index (κ1) is 18.1. The van der Waals surface area contributed by atoms with Gasteiger partial charge in [0, 0.05) is 23.2 Å². The van der Waals surface area contributed by atoms with Gasteiger partial charge in [-0.15, -0.1) is 10.2 Å². The molecule has 1 aromatic carbocycles. The van der Waals surface area contributed by atoms with Crippen molar-refractivity contribution in [2.45, 2.75) is 19.4 Å². The van der Waals surface area contributed by atoms with E-state index in [-0.39, 0.29) is 24.1 Å². The molecule has 1 N–H and O–H groups in total. The fraction of sp³-hybridized carbons (Fsp3) is 0.227. The molecule has 4 aromatic rings. The SMILES string of the molecule is Cc1nc(-c2cc3c(n4cnnc24)NCc2c(F)ccc4c2[C@@H](CO4)CO3)ccc1F. The van der Waals surface area contributed by atoms with Crippen LogP contribution in [0.15, 0.2) is 36.7 Å². The molecule has 6 rings (SSSR count). The van der Waals surface area contributed by atoms with Gasteiger partial charge in [-0.2, -0.15) is 0 Å². The second-order valence-electron chi connectivity index (χ2n) is 7.67. The molecule has 31 heavy (non-hydrogen) atoms. The van der Waals surface area contributed by atoms with Crippen molar-refractivity contribution < 1.29 is 18.3 Å². The number of hydrogen-bond acceptors (Lipinski definition) is 6. The van der Waals surface area contributed by atoms with Crippen molar-refractivity contribution in [1.29, 1.82) is 0 Å². The Labute approximate surface area is 175 Å². The minimum atomic E-state index is -0.376. The maximum atomic E-state index is 14.7. The number of aromatic nitrogens is 4. The number of hydrogen-bond donors (Lipinski definition) is 1. The fourth-order valence-electron chi connectivity index (χ4n) is 4.27. The topological polar surface area (TPSA) is 73.6 Å². The Bertz CT molecular complexity index is 1350.